The van der Waals surface area contributed by atoms with E-state index >= 15 is 0 Å². The van der Waals surface area contributed by atoms with Crippen molar-refractivity contribution in [2.75, 3.05) is 13.2 Å². The van der Waals surface area contributed by atoms with Gasteiger partial charge in [-0.25, -0.2) is 8.78 Å². The van der Waals surface area contributed by atoms with E-state index in [0.29, 0.717) is 25.1 Å². The molecule has 0 bridgehead atoms. The molecule has 0 aliphatic rings. The Bertz CT molecular complexity index is 941. The lowest BCUT2D eigenvalue weighted by Crippen LogP contribution is -2.31. The molecule has 0 fully saturated rings. The molecule has 0 aliphatic heterocycles. The number of halogens is 5. The quantitative estimate of drug-likeness (QED) is 0.305. The Morgan fingerprint density at radius 1 is 0.844 bits per heavy atom. The monoisotopic (exact) mass is 449 g/mol. The molecule has 0 saturated carbocycles. The lowest BCUT2D eigenvalue weighted by Gasteiger charge is -2.20. The molecule has 0 aromatic heterocycles. The number of hydrogen-bond acceptors (Lipinski definition) is 2. The minimum Gasteiger partial charge on any atom is -0.367 e. The Morgan fingerprint density at radius 3 is 1.94 bits per heavy atom. The van der Waals surface area contributed by atoms with Gasteiger partial charge in [-0.05, 0) is 60.4 Å². The van der Waals surface area contributed by atoms with Gasteiger partial charge in [0.05, 0.1) is 12.2 Å². The molecule has 1 unspecified atom stereocenters. The van der Waals surface area contributed by atoms with Crippen molar-refractivity contribution in [1.29, 1.82) is 0 Å². The standard InChI is InChI=1S/C25H24F5NO/c1-17(15-18-3-2-4-21(16-18)25(28,29)30)31-13-14-32-24(19-5-9-22(26)10-6-19)20-7-11-23(27)12-8-20/h2-12,16-17,24,31H,13-15H2,1H3. The predicted octanol–water partition coefficient (Wildman–Crippen LogP) is 6.31. The minimum absolute atomic E-state index is 0.0721. The molecule has 0 spiro atoms. The highest BCUT2D eigenvalue weighted by atomic mass is 19.4. The first kappa shape index (κ1) is 23.9. The van der Waals surface area contributed by atoms with Gasteiger partial charge >= 0.3 is 6.18 Å². The van der Waals surface area contributed by atoms with Crippen LogP contribution < -0.4 is 5.32 Å². The molecule has 32 heavy (non-hydrogen) atoms. The summed E-state index contributed by atoms with van der Waals surface area (Å²) in [5.41, 5.74) is 1.40. The van der Waals surface area contributed by atoms with Gasteiger partial charge < -0.3 is 10.1 Å². The molecule has 0 heterocycles. The summed E-state index contributed by atoms with van der Waals surface area (Å²) in [6.07, 6.45) is -4.43. The zero-order valence-corrected chi connectivity index (χ0v) is 17.5. The molecular formula is C25H24F5NO. The highest BCUT2D eigenvalue weighted by molar-refractivity contribution is 5.30. The Hall–Kier alpha value is -2.77. The van der Waals surface area contributed by atoms with Gasteiger partial charge in [-0.3, -0.25) is 0 Å². The molecule has 0 aliphatic carbocycles. The fourth-order valence-electron chi connectivity index (χ4n) is 3.44. The first-order valence-corrected chi connectivity index (χ1v) is 10.2. The molecule has 1 N–H and O–H groups in total. The topological polar surface area (TPSA) is 21.3 Å². The predicted molar refractivity (Wildman–Crippen MR) is 113 cm³/mol. The lowest BCUT2D eigenvalue weighted by molar-refractivity contribution is -0.137. The van der Waals surface area contributed by atoms with Gasteiger partial charge in [0.25, 0.3) is 0 Å². The van der Waals surface area contributed by atoms with Crippen LogP contribution in [0, 0.1) is 11.6 Å². The third-order valence-electron chi connectivity index (χ3n) is 5.02. The summed E-state index contributed by atoms with van der Waals surface area (Å²) in [6, 6.07) is 17.0. The van der Waals surface area contributed by atoms with Crippen LogP contribution in [0.5, 0.6) is 0 Å². The maximum absolute atomic E-state index is 13.3. The van der Waals surface area contributed by atoms with Gasteiger partial charge in [-0.15, -0.1) is 0 Å². The van der Waals surface area contributed by atoms with Crippen LogP contribution in [-0.4, -0.2) is 19.2 Å². The SMILES string of the molecule is CC(Cc1cccc(C(F)(F)F)c1)NCCOC(c1ccc(F)cc1)c1ccc(F)cc1. The molecule has 0 radical (unpaired) electrons. The number of rotatable bonds is 9. The average molecular weight is 449 g/mol. The van der Waals surface area contributed by atoms with E-state index in [1.165, 1.54) is 30.3 Å². The first-order chi connectivity index (χ1) is 15.2. The van der Waals surface area contributed by atoms with E-state index in [1.807, 2.05) is 6.92 Å². The largest absolute Gasteiger partial charge is 0.416 e. The van der Waals surface area contributed by atoms with Crippen LogP contribution in [0.3, 0.4) is 0 Å². The summed E-state index contributed by atoms with van der Waals surface area (Å²) in [6.45, 7) is 2.64. The van der Waals surface area contributed by atoms with Crippen LogP contribution in [0.4, 0.5) is 22.0 Å². The maximum atomic E-state index is 13.3. The number of ether oxygens (including phenoxy) is 1. The van der Waals surface area contributed by atoms with E-state index in [9.17, 15) is 22.0 Å². The summed E-state index contributed by atoms with van der Waals surface area (Å²) >= 11 is 0. The van der Waals surface area contributed by atoms with Gasteiger partial charge in [0.15, 0.2) is 0 Å². The fraction of sp³-hybridized carbons (Fsp3) is 0.280. The second-order valence-electron chi connectivity index (χ2n) is 7.61. The van der Waals surface area contributed by atoms with E-state index in [4.69, 9.17) is 4.74 Å². The molecule has 0 saturated heterocycles. The van der Waals surface area contributed by atoms with E-state index in [-0.39, 0.29) is 17.7 Å². The van der Waals surface area contributed by atoms with Gasteiger partial charge in [0.2, 0.25) is 0 Å². The van der Waals surface area contributed by atoms with Crippen molar-refractivity contribution in [2.45, 2.75) is 31.7 Å². The van der Waals surface area contributed by atoms with Gasteiger partial charge in [0.1, 0.15) is 17.7 Å². The van der Waals surface area contributed by atoms with E-state index in [2.05, 4.69) is 5.32 Å². The van der Waals surface area contributed by atoms with Crippen LogP contribution in [0.25, 0.3) is 0 Å². The summed E-state index contributed by atoms with van der Waals surface area (Å²) in [7, 11) is 0. The smallest absolute Gasteiger partial charge is 0.367 e. The second-order valence-corrected chi connectivity index (χ2v) is 7.61. The van der Waals surface area contributed by atoms with Crippen molar-refractivity contribution in [3.8, 4) is 0 Å². The first-order valence-electron chi connectivity index (χ1n) is 10.2. The van der Waals surface area contributed by atoms with Crippen LogP contribution in [0.2, 0.25) is 0 Å². The summed E-state index contributed by atoms with van der Waals surface area (Å²) < 4.78 is 71.3. The zero-order valence-electron chi connectivity index (χ0n) is 17.5. The van der Waals surface area contributed by atoms with Gasteiger partial charge in [-0.1, -0.05) is 42.5 Å². The minimum atomic E-state index is -4.36. The van der Waals surface area contributed by atoms with E-state index in [1.54, 1.807) is 30.3 Å². The molecule has 170 valence electrons. The highest BCUT2D eigenvalue weighted by Crippen LogP contribution is 2.30. The third-order valence-corrected chi connectivity index (χ3v) is 5.02. The molecule has 2 nitrogen and oxygen atoms in total. The fourth-order valence-corrected chi connectivity index (χ4v) is 3.44. The van der Waals surface area contributed by atoms with Gasteiger partial charge in [-0.2, -0.15) is 13.2 Å². The average Bonchev–Trinajstić information content (AvgIpc) is 2.75. The number of benzene rings is 3. The van der Waals surface area contributed by atoms with Crippen molar-refractivity contribution >= 4 is 0 Å². The third kappa shape index (κ3) is 6.87. The Morgan fingerprint density at radius 2 is 1.41 bits per heavy atom. The van der Waals surface area contributed by atoms with E-state index in [0.717, 1.165) is 23.3 Å². The second kappa shape index (κ2) is 10.7. The Kier molecular flexibility index (Phi) is 7.99. The van der Waals surface area contributed by atoms with Crippen molar-refractivity contribution in [3.05, 3.63) is 107 Å². The van der Waals surface area contributed by atoms with Gasteiger partial charge in [0, 0.05) is 12.6 Å². The van der Waals surface area contributed by atoms with Crippen LogP contribution in [0.1, 0.15) is 35.3 Å². The molecule has 3 aromatic carbocycles. The van der Waals surface area contributed by atoms with Crippen molar-refractivity contribution in [1.82, 2.24) is 5.32 Å². The van der Waals surface area contributed by atoms with E-state index < -0.39 is 17.8 Å². The van der Waals surface area contributed by atoms with Crippen molar-refractivity contribution in [3.63, 3.8) is 0 Å². The summed E-state index contributed by atoms with van der Waals surface area (Å²) in [4.78, 5) is 0. The molecule has 3 aromatic rings. The molecular weight excluding hydrogens is 425 g/mol. The van der Waals surface area contributed by atoms with Crippen molar-refractivity contribution in [2.24, 2.45) is 0 Å². The molecule has 7 heteroatoms. The number of alkyl halides is 3. The molecule has 3 rings (SSSR count). The Balaban J connectivity index is 1.56. The van der Waals surface area contributed by atoms with Crippen molar-refractivity contribution < 1.29 is 26.7 Å². The number of hydrogen-bond donors (Lipinski definition) is 1. The summed E-state index contributed by atoms with van der Waals surface area (Å²) in [5.74, 6) is -0.728. The molecule has 0 amide bonds. The highest BCUT2D eigenvalue weighted by Gasteiger charge is 2.30. The van der Waals surface area contributed by atoms with Crippen LogP contribution in [-0.2, 0) is 17.3 Å². The lowest BCUT2D eigenvalue weighted by atomic mass is 10.0. The maximum Gasteiger partial charge on any atom is 0.416 e. The zero-order chi connectivity index (χ0) is 23.1. The van der Waals surface area contributed by atoms with Crippen LogP contribution >= 0.6 is 0 Å². The summed E-state index contributed by atoms with van der Waals surface area (Å²) in [5, 5.41) is 3.24. The normalized spacial score (nSPS) is 12.8. The van der Waals surface area contributed by atoms with Crippen LogP contribution in [0.15, 0.2) is 72.8 Å². The molecule has 1 atom stereocenters. The number of nitrogens with one attached hydrogen (secondary N) is 1. The Labute approximate surface area is 184 Å².